The van der Waals surface area contributed by atoms with Crippen LogP contribution in [-0.2, 0) is 16.0 Å². The number of amides is 1. The molecule has 6 heteroatoms. The molecule has 2 unspecified atom stereocenters. The molecule has 19 heavy (non-hydrogen) atoms. The monoisotopic (exact) mass is 329 g/mol. The predicted octanol–water partition coefficient (Wildman–Crippen LogP) is 1.97. The smallest absolute Gasteiger partial charge is 0.307 e. The molecule has 0 spiro atoms. The summed E-state index contributed by atoms with van der Waals surface area (Å²) in [7, 11) is 0. The highest BCUT2D eigenvalue weighted by Gasteiger charge is 2.48. The second-order valence-electron chi connectivity index (χ2n) is 4.58. The maximum absolute atomic E-state index is 13.0. The molecule has 0 aliphatic heterocycles. The van der Waals surface area contributed by atoms with E-state index in [0.717, 1.165) is 5.56 Å². The van der Waals surface area contributed by atoms with Crippen LogP contribution in [0.5, 0.6) is 0 Å². The third kappa shape index (κ3) is 3.53. The van der Waals surface area contributed by atoms with Gasteiger partial charge in [-0.25, -0.2) is 4.39 Å². The van der Waals surface area contributed by atoms with Crippen molar-refractivity contribution in [1.82, 2.24) is 5.32 Å². The third-order valence-corrected chi connectivity index (χ3v) is 3.75. The number of aliphatic carboxylic acids is 1. The van der Waals surface area contributed by atoms with Crippen LogP contribution in [0.1, 0.15) is 12.0 Å². The van der Waals surface area contributed by atoms with E-state index in [2.05, 4.69) is 21.2 Å². The number of carboxylic acid groups (broad SMARTS) is 1. The minimum absolute atomic E-state index is 0.214. The minimum atomic E-state index is -0.914. The zero-order chi connectivity index (χ0) is 14.0. The molecule has 4 nitrogen and oxygen atoms in total. The van der Waals surface area contributed by atoms with E-state index in [4.69, 9.17) is 5.11 Å². The summed E-state index contributed by atoms with van der Waals surface area (Å²) in [6, 6.07) is 4.69. The fourth-order valence-corrected chi connectivity index (χ4v) is 2.34. The van der Waals surface area contributed by atoms with E-state index in [1.165, 1.54) is 6.07 Å². The van der Waals surface area contributed by atoms with E-state index in [-0.39, 0.29) is 11.7 Å². The molecule has 1 aromatic rings. The molecule has 2 rings (SSSR count). The van der Waals surface area contributed by atoms with Gasteiger partial charge in [0, 0.05) is 6.54 Å². The lowest BCUT2D eigenvalue weighted by atomic mass is 10.1. The number of hydrogen-bond acceptors (Lipinski definition) is 2. The van der Waals surface area contributed by atoms with Crippen molar-refractivity contribution in [2.45, 2.75) is 12.8 Å². The Bertz CT molecular complexity index is 521. The van der Waals surface area contributed by atoms with Crippen LogP contribution < -0.4 is 5.32 Å². The summed E-state index contributed by atoms with van der Waals surface area (Å²) in [4.78, 5) is 22.2. The lowest BCUT2D eigenvalue weighted by molar-refractivity contribution is -0.140. The number of carbonyl (C=O) groups excluding carboxylic acids is 1. The highest BCUT2D eigenvalue weighted by Crippen LogP contribution is 2.38. The number of carbonyl (C=O) groups is 2. The topological polar surface area (TPSA) is 66.4 Å². The van der Waals surface area contributed by atoms with Gasteiger partial charge in [-0.05, 0) is 46.5 Å². The number of rotatable bonds is 5. The number of hydrogen-bond donors (Lipinski definition) is 2. The van der Waals surface area contributed by atoms with Crippen molar-refractivity contribution in [2.24, 2.45) is 11.8 Å². The van der Waals surface area contributed by atoms with Gasteiger partial charge in [-0.2, -0.15) is 0 Å². The van der Waals surface area contributed by atoms with Crippen LogP contribution in [0.15, 0.2) is 22.7 Å². The molecule has 1 saturated carbocycles. The fraction of sp³-hybridized carbons (Fsp3) is 0.385. The summed E-state index contributed by atoms with van der Waals surface area (Å²) in [5.74, 6) is -2.37. The average Bonchev–Trinajstić information content (AvgIpc) is 3.14. The van der Waals surface area contributed by atoms with Crippen molar-refractivity contribution in [3.63, 3.8) is 0 Å². The molecular weight excluding hydrogens is 317 g/mol. The van der Waals surface area contributed by atoms with Gasteiger partial charge in [0.1, 0.15) is 5.82 Å². The quantitative estimate of drug-likeness (QED) is 0.867. The molecule has 2 atom stereocenters. The molecule has 1 aliphatic carbocycles. The van der Waals surface area contributed by atoms with Gasteiger partial charge in [0.2, 0.25) is 5.91 Å². The Kier molecular flexibility index (Phi) is 4.19. The van der Waals surface area contributed by atoms with Gasteiger partial charge < -0.3 is 10.4 Å². The summed E-state index contributed by atoms with van der Waals surface area (Å²) in [6.45, 7) is 0.416. The van der Waals surface area contributed by atoms with Crippen LogP contribution in [0.2, 0.25) is 0 Å². The second kappa shape index (κ2) is 5.69. The summed E-state index contributed by atoms with van der Waals surface area (Å²) in [5, 5.41) is 11.4. The van der Waals surface area contributed by atoms with Gasteiger partial charge in [-0.15, -0.1) is 0 Å². The molecule has 0 radical (unpaired) electrons. The van der Waals surface area contributed by atoms with Crippen LogP contribution in [0.25, 0.3) is 0 Å². The predicted molar refractivity (Wildman–Crippen MR) is 70.0 cm³/mol. The molecule has 102 valence electrons. The van der Waals surface area contributed by atoms with Gasteiger partial charge in [-0.3, -0.25) is 9.59 Å². The Balaban J connectivity index is 1.76. The lowest BCUT2D eigenvalue weighted by Crippen LogP contribution is -2.28. The van der Waals surface area contributed by atoms with E-state index in [1.807, 2.05) is 0 Å². The molecular formula is C13H13BrFNO3. The van der Waals surface area contributed by atoms with Crippen LogP contribution in [-0.4, -0.2) is 23.5 Å². The molecule has 0 heterocycles. The standard InChI is InChI=1S/C13H13BrFNO3/c14-10-5-7(1-2-11(10)15)3-4-16-12(17)8-6-9(8)13(18)19/h1-2,5,8-9H,3-4,6H2,(H,16,17)(H,18,19). The van der Waals surface area contributed by atoms with E-state index in [0.29, 0.717) is 23.9 Å². The van der Waals surface area contributed by atoms with Crippen molar-refractivity contribution >= 4 is 27.8 Å². The van der Waals surface area contributed by atoms with E-state index in [1.54, 1.807) is 12.1 Å². The van der Waals surface area contributed by atoms with Gasteiger partial charge >= 0.3 is 5.97 Å². The highest BCUT2D eigenvalue weighted by molar-refractivity contribution is 9.10. The van der Waals surface area contributed by atoms with Gasteiger partial charge in [-0.1, -0.05) is 6.07 Å². The van der Waals surface area contributed by atoms with Crippen LogP contribution in [0.3, 0.4) is 0 Å². The normalized spacial score (nSPS) is 20.9. The summed E-state index contributed by atoms with van der Waals surface area (Å²) in [5.41, 5.74) is 0.902. The minimum Gasteiger partial charge on any atom is -0.481 e. The molecule has 1 amide bonds. The number of benzene rings is 1. The second-order valence-corrected chi connectivity index (χ2v) is 5.43. The molecule has 0 saturated heterocycles. The zero-order valence-electron chi connectivity index (χ0n) is 10.0. The maximum Gasteiger partial charge on any atom is 0.307 e. The Morgan fingerprint density at radius 2 is 2.16 bits per heavy atom. The molecule has 2 N–H and O–H groups in total. The fourth-order valence-electron chi connectivity index (χ4n) is 1.91. The molecule has 1 aliphatic rings. The van der Waals surface area contributed by atoms with E-state index < -0.39 is 17.8 Å². The first-order valence-electron chi connectivity index (χ1n) is 5.93. The van der Waals surface area contributed by atoms with Gasteiger partial charge in [0.05, 0.1) is 16.3 Å². The Labute approximate surface area is 118 Å². The Hall–Kier alpha value is -1.43. The SMILES string of the molecule is O=C(O)C1CC1C(=O)NCCc1ccc(F)c(Br)c1. The Morgan fingerprint density at radius 3 is 2.74 bits per heavy atom. The van der Waals surface area contributed by atoms with Gasteiger partial charge in [0.15, 0.2) is 0 Å². The van der Waals surface area contributed by atoms with E-state index in [9.17, 15) is 14.0 Å². The zero-order valence-corrected chi connectivity index (χ0v) is 11.6. The number of carboxylic acids is 1. The van der Waals surface area contributed by atoms with Gasteiger partial charge in [0.25, 0.3) is 0 Å². The molecule has 0 aromatic heterocycles. The van der Waals surface area contributed by atoms with Crippen molar-refractivity contribution in [1.29, 1.82) is 0 Å². The van der Waals surface area contributed by atoms with Crippen molar-refractivity contribution in [2.75, 3.05) is 6.54 Å². The number of nitrogens with one attached hydrogen (secondary N) is 1. The average molecular weight is 330 g/mol. The maximum atomic E-state index is 13.0. The van der Waals surface area contributed by atoms with Crippen LogP contribution in [0, 0.1) is 17.7 Å². The largest absolute Gasteiger partial charge is 0.481 e. The first kappa shape index (κ1) is 14.0. The highest BCUT2D eigenvalue weighted by atomic mass is 79.9. The summed E-state index contributed by atoms with van der Waals surface area (Å²) < 4.78 is 13.4. The third-order valence-electron chi connectivity index (χ3n) is 3.14. The molecule has 1 fully saturated rings. The Morgan fingerprint density at radius 1 is 1.42 bits per heavy atom. The lowest BCUT2D eigenvalue weighted by Gasteiger charge is -2.05. The molecule has 1 aromatic carbocycles. The van der Waals surface area contributed by atoms with Crippen LogP contribution >= 0.6 is 15.9 Å². The van der Waals surface area contributed by atoms with E-state index >= 15 is 0 Å². The summed E-state index contributed by atoms with van der Waals surface area (Å²) in [6.07, 6.45) is 0.998. The molecule has 0 bridgehead atoms. The first-order chi connectivity index (χ1) is 8.99. The van der Waals surface area contributed by atoms with Crippen molar-refractivity contribution in [3.05, 3.63) is 34.1 Å². The number of halogens is 2. The summed E-state index contributed by atoms with van der Waals surface area (Å²) >= 11 is 3.10. The first-order valence-corrected chi connectivity index (χ1v) is 6.73. The van der Waals surface area contributed by atoms with Crippen molar-refractivity contribution < 1.29 is 19.1 Å². The van der Waals surface area contributed by atoms with Crippen LogP contribution in [0.4, 0.5) is 4.39 Å². The van der Waals surface area contributed by atoms with Crippen molar-refractivity contribution in [3.8, 4) is 0 Å².